The summed E-state index contributed by atoms with van der Waals surface area (Å²) in [6.45, 7) is 5.96. The molecule has 0 aromatic carbocycles. The number of hydrogen-bond donors (Lipinski definition) is 1. The Morgan fingerprint density at radius 2 is 1.88 bits per heavy atom. The summed E-state index contributed by atoms with van der Waals surface area (Å²) >= 11 is 0. The lowest BCUT2D eigenvalue weighted by atomic mass is 10.0. The third kappa shape index (κ3) is 1.03. The van der Waals surface area contributed by atoms with Gasteiger partial charge < -0.3 is 5.11 Å². The van der Waals surface area contributed by atoms with E-state index in [4.69, 9.17) is 0 Å². The van der Waals surface area contributed by atoms with Crippen molar-refractivity contribution in [2.45, 2.75) is 32.8 Å². The summed E-state index contributed by atoms with van der Waals surface area (Å²) in [5.41, 5.74) is -0.417. The Balaban J connectivity index is 2.39. The molecule has 0 aromatic heterocycles. The second kappa shape index (κ2) is 1.47. The van der Waals surface area contributed by atoms with Gasteiger partial charge in [0, 0.05) is 0 Å². The van der Waals surface area contributed by atoms with Gasteiger partial charge >= 0.3 is 0 Å². The van der Waals surface area contributed by atoms with Gasteiger partial charge in [0.1, 0.15) is 0 Å². The normalized spacial score (nSPS) is 37.5. The minimum Gasteiger partial charge on any atom is -0.390 e. The van der Waals surface area contributed by atoms with Crippen LogP contribution in [0.25, 0.3) is 0 Å². The minimum atomic E-state index is -0.417. The van der Waals surface area contributed by atoms with Crippen molar-refractivity contribution in [1.29, 1.82) is 0 Å². The number of aliphatic hydroxyl groups is 1. The fourth-order valence-corrected chi connectivity index (χ4v) is 1.31. The van der Waals surface area contributed by atoms with Crippen LogP contribution in [0.3, 0.4) is 0 Å². The first kappa shape index (κ1) is 6.09. The summed E-state index contributed by atoms with van der Waals surface area (Å²) in [6.07, 6.45) is 1.21. The molecule has 0 unspecified atom stereocenters. The predicted octanol–water partition coefficient (Wildman–Crippen LogP) is 1.41. The quantitative estimate of drug-likeness (QED) is 0.546. The Bertz CT molecular complexity index is 91.1. The number of rotatable bonds is 1. The maximum atomic E-state index is 9.33. The van der Waals surface area contributed by atoms with Crippen molar-refractivity contribution in [3.8, 4) is 0 Å². The maximum absolute atomic E-state index is 9.33. The first-order valence-electron chi connectivity index (χ1n) is 3.24. The van der Waals surface area contributed by atoms with Gasteiger partial charge in [-0.3, -0.25) is 0 Å². The molecule has 1 heteroatoms. The smallest absolute Gasteiger partial charge is 0.0622 e. The summed E-state index contributed by atoms with van der Waals surface area (Å²) in [5.74, 6) is 1.33. The molecule has 1 N–H and O–H groups in total. The molecule has 0 saturated heterocycles. The van der Waals surface area contributed by atoms with Crippen molar-refractivity contribution < 1.29 is 5.11 Å². The summed E-state index contributed by atoms with van der Waals surface area (Å²) in [7, 11) is 0. The van der Waals surface area contributed by atoms with Gasteiger partial charge in [-0.05, 0) is 32.1 Å². The van der Waals surface area contributed by atoms with Crippen LogP contribution in [0.15, 0.2) is 0 Å². The van der Waals surface area contributed by atoms with Gasteiger partial charge in [0.2, 0.25) is 0 Å². The van der Waals surface area contributed by atoms with Gasteiger partial charge in [-0.2, -0.15) is 0 Å². The van der Waals surface area contributed by atoms with Crippen LogP contribution >= 0.6 is 0 Å². The van der Waals surface area contributed by atoms with Gasteiger partial charge in [-0.15, -0.1) is 0 Å². The predicted molar refractivity (Wildman–Crippen MR) is 33.6 cm³/mol. The Hall–Kier alpha value is -0.0400. The molecule has 0 bridgehead atoms. The largest absolute Gasteiger partial charge is 0.390 e. The zero-order chi connectivity index (χ0) is 6.36. The van der Waals surface area contributed by atoms with Crippen LogP contribution in [0.1, 0.15) is 27.2 Å². The topological polar surface area (TPSA) is 20.2 Å². The van der Waals surface area contributed by atoms with Gasteiger partial charge in [-0.25, -0.2) is 0 Å². The average Bonchev–Trinajstić information content (AvgIpc) is 2.13. The highest BCUT2D eigenvalue weighted by Gasteiger charge is 2.43. The van der Waals surface area contributed by atoms with E-state index in [0.717, 1.165) is 5.92 Å². The zero-order valence-corrected chi connectivity index (χ0v) is 5.81. The molecule has 0 heterocycles. The lowest BCUT2D eigenvalue weighted by Crippen LogP contribution is -2.22. The van der Waals surface area contributed by atoms with Crippen LogP contribution in [0.4, 0.5) is 0 Å². The Morgan fingerprint density at radius 1 is 1.50 bits per heavy atom. The molecule has 0 aliphatic heterocycles. The summed E-state index contributed by atoms with van der Waals surface area (Å²) in [4.78, 5) is 0. The lowest BCUT2D eigenvalue weighted by Gasteiger charge is -2.15. The van der Waals surface area contributed by atoms with Crippen molar-refractivity contribution in [2.24, 2.45) is 11.8 Å². The van der Waals surface area contributed by atoms with E-state index in [1.54, 1.807) is 0 Å². The molecule has 0 aromatic rings. The van der Waals surface area contributed by atoms with Crippen molar-refractivity contribution >= 4 is 0 Å². The van der Waals surface area contributed by atoms with E-state index in [9.17, 15) is 5.11 Å². The van der Waals surface area contributed by atoms with E-state index in [2.05, 4.69) is 6.92 Å². The highest BCUT2D eigenvalue weighted by Crippen LogP contribution is 2.45. The first-order valence-corrected chi connectivity index (χ1v) is 3.24. The summed E-state index contributed by atoms with van der Waals surface area (Å²) in [6, 6.07) is 0. The third-order valence-electron chi connectivity index (χ3n) is 2.02. The summed E-state index contributed by atoms with van der Waals surface area (Å²) < 4.78 is 0. The van der Waals surface area contributed by atoms with Crippen LogP contribution in [0, 0.1) is 11.8 Å². The maximum Gasteiger partial charge on any atom is 0.0622 e. The zero-order valence-electron chi connectivity index (χ0n) is 5.81. The van der Waals surface area contributed by atoms with E-state index in [-0.39, 0.29) is 0 Å². The highest BCUT2D eigenvalue weighted by molar-refractivity contribution is 4.93. The van der Waals surface area contributed by atoms with E-state index in [1.165, 1.54) is 6.42 Å². The van der Waals surface area contributed by atoms with Crippen LogP contribution in [-0.2, 0) is 0 Å². The Morgan fingerprint density at radius 3 is 1.88 bits per heavy atom. The fourth-order valence-electron chi connectivity index (χ4n) is 1.31. The monoisotopic (exact) mass is 114 g/mol. The van der Waals surface area contributed by atoms with E-state index in [1.807, 2.05) is 13.8 Å². The van der Waals surface area contributed by atoms with Gasteiger partial charge in [0.15, 0.2) is 0 Å². The second-order valence-electron chi connectivity index (χ2n) is 3.47. The van der Waals surface area contributed by atoms with E-state index < -0.39 is 5.60 Å². The van der Waals surface area contributed by atoms with Gasteiger partial charge in [0.25, 0.3) is 0 Å². The van der Waals surface area contributed by atoms with Crippen molar-refractivity contribution in [1.82, 2.24) is 0 Å². The number of hydrogen-bond acceptors (Lipinski definition) is 1. The fraction of sp³-hybridized carbons (Fsp3) is 1.00. The lowest BCUT2D eigenvalue weighted by molar-refractivity contribution is 0.0520. The molecular formula is C7H14O. The molecule has 0 spiro atoms. The second-order valence-corrected chi connectivity index (χ2v) is 3.47. The van der Waals surface area contributed by atoms with Crippen molar-refractivity contribution in [2.75, 3.05) is 0 Å². The molecule has 1 fully saturated rings. The van der Waals surface area contributed by atoms with E-state index >= 15 is 0 Å². The molecule has 1 nitrogen and oxygen atoms in total. The first-order chi connectivity index (χ1) is 3.52. The van der Waals surface area contributed by atoms with Gasteiger partial charge in [-0.1, -0.05) is 6.92 Å². The Labute approximate surface area is 50.7 Å². The highest BCUT2D eigenvalue weighted by atomic mass is 16.3. The van der Waals surface area contributed by atoms with Crippen LogP contribution in [0.5, 0.6) is 0 Å². The van der Waals surface area contributed by atoms with Gasteiger partial charge in [0.05, 0.1) is 5.60 Å². The molecule has 48 valence electrons. The van der Waals surface area contributed by atoms with Crippen LogP contribution < -0.4 is 0 Å². The molecule has 1 saturated carbocycles. The SMILES string of the molecule is C[C@H]1C[C@@H]1C(C)(C)O. The van der Waals surface area contributed by atoms with Crippen molar-refractivity contribution in [3.05, 3.63) is 0 Å². The average molecular weight is 114 g/mol. The molecule has 1 aliphatic rings. The molecule has 1 rings (SSSR count). The van der Waals surface area contributed by atoms with Crippen molar-refractivity contribution in [3.63, 3.8) is 0 Å². The van der Waals surface area contributed by atoms with Crippen LogP contribution in [-0.4, -0.2) is 10.7 Å². The van der Waals surface area contributed by atoms with Crippen LogP contribution in [0.2, 0.25) is 0 Å². The van der Waals surface area contributed by atoms with E-state index in [0.29, 0.717) is 5.92 Å². The standard InChI is InChI=1S/C7H14O/c1-5-4-6(5)7(2,3)8/h5-6,8H,4H2,1-3H3/t5-,6-/m0/s1. The third-order valence-corrected chi connectivity index (χ3v) is 2.02. The Kier molecular flexibility index (Phi) is 1.12. The molecule has 0 amide bonds. The molecule has 2 atom stereocenters. The minimum absolute atomic E-state index is 0.417. The molecule has 1 aliphatic carbocycles. The molecule has 0 radical (unpaired) electrons. The summed E-state index contributed by atoms with van der Waals surface area (Å²) in [5, 5.41) is 9.33. The molecular weight excluding hydrogens is 100 g/mol. The molecule has 8 heavy (non-hydrogen) atoms.